The van der Waals surface area contributed by atoms with Gasteiger partial charge in [-0.2, -0.15) is 0 Å². The second-order valence-electron chi connectivity index (χ2n) is 11.5. The average Bonchev–Trinajstić information content (AvgIpc) is 3.20. The van der Waals surface area contributed by atoms with Crippen LogP contribution in [0, 0.1) is 0 Å². The van der Waals surface area contributed by atoms with Crippen molar-refractivity contribution in [2.75, 3.05) is 17.7 Å². The van der Waals surface area contributed by atoms with Gasteiger partial charge in [-0.15, -0.1) is 5.10 Å². The Morgan fingerprint density at radius 1 is 1.23 bits per heavy atom. The van der Waals surface area contributed by atoms with Crippen LogP contribution >= 0.6 is 0 Å². The number of hydrogen-bond acceptors (Lipinski definition) is 8. The number of aromatic nitrogens is 4. The van der Waals surface area contributed by atoms with E-state index in [0.717, 1.165) is 44.0 Å². The molecule has 0 radical (unpaired) electrons. The predicted molar refractivity (Wildman–Crippen MR) is 141 cm³/mol. The molecule has 1 fully saturated rings. The Morgan fingerprint density at radius 3 is 2.69 bits per heavy atom. The number of nitrogens with two attached hydrogens (primary N) is 1. The maximum absolute atomic E-state index is 12.2. The first-order valence-electron chi connectivity index (χ1n) is 12.4. The molecule has 1 aliphatic carbocycles. The second kappa shape index (κ2) is 11.4. The molecule has 0 aromatic carbocycles. The Hall–Kier alpha value is -2.66. The smallest absolute Gasteiger partial charge is 0.407 e. The number of carbonyl (C=O) groups excluding carboxylic acids is 1. The summed E-state index contributed by atoms with van der Waals surface area (Å²) in [5.74, 6) is 0.523. The summed E-state index contributed by atoms with van der Waals surface area (Å²) in [5.41, 5.74) is 7.69. The highest BCUT2D eigenvalue weighted by Crippen LogP contribution is 2.28. The van der Waals surface area contributed by atoms with Gasteiger partial charge in [0.25, 0.3) is 0 Å². The minimum atomic E-state index is -1.12. The molecule has 2 heterocycles. The molecule has 4 N–H and O–H groups in total. The van der Waals surface area contributed by atoms with Gasteiger partial charge in [-0.1, -0.05) is 19.6 Å². The largest absolute Gasteiger partial charge is 0.444 e. The van der Waals surface area contributed by atoms with Gasteiger partial charge in [-0.25, -0.2) is 14.5 Å². The van der Waals surface area contributed by atoms with Crippen LogP contribution in [0.5, 0.6) is 0 Å². The van der Waals surface area contributed by atoms with Crippen LogP contribution in [0.2, 0.25) is 25.7 Å². The number of pyridine rings is 1. The molecule has 0 aliphatic heterocycles. The van der Waals surface area contributed by atoms with Crippen LogP contribution in [0.15, 0.2) is 18.6 Å². The zero-order valence-corrected chi connectivity index (χ0v) is 22.9. The Morgan fingerprint density at radius 2 is 1.97 bits per heavy atom. The van der Waals surface area contributed by atoms with E-state index < -0.39 is 13.7 Å². The van der Waals surface area contributed by atoms with Crippen LogP contribution in [-0.4, -0.2) is 58.2 Å². The van der Waals surface area contributed by atoms with E-state index in [9.17, 15) is 4.79 Å². The molecule has 2 aromatic heterocycles. The normalized spacial score (nSPS) is 18.8. The van der Waals surface area contributed by atoms with Gasteiger partial charge >= 0.3 is 6.09 Å². The molecule has 10 nitrogen and oxygen atoms in total. The Balaban J connectivity index is 1.57. The highest BCUT2D eigenvalue weighted by atomic mass is 28.3. The van der Waals surface area contributed by atoms with Crippen LogP contribution in [0.25, 0.3) is 11.5 Å². The van der Waals surface area contributed by atoms with Crippen molar-refractivity contribution in [3.63, 3.8) is 0 Å². The van der Waals surface area contributed by atoms with Gasteiger partial charge in [0.15, 0.2) is 5.82 Å². The summed E-state index contributed by atoms with van der Waals surface area (Å²) < 4.78 is 12.8. The molecular formula is C24H41N7O3Si. The molecule has 1 aliphatic rings. The van der Waals surface area contributed by atoms with Crippen molar-refractivity contribution < 1.29 is 14.3 Å². The number of anilines is 2. The standard InChI is InChI=1S/C24H41N7O3Si/c1-24(2,3)34-23(32)29-18-9-7-8-17(12-18)28-20-13-21(26-14-19(20)25)22-27-15-31(30-22)16-33-10-11-35(4,5)6/h13-15,17-18H,7-12,16,25H2,1-6H3,(H,26,28)(H,29,32)/t17-,18+/m1/s1. The summed E-state index contributed by atoms with van der Waals surface area (Å²) in [6.07, 6.45) is 6.61. The number of carbonyl (C=O) groups is 1. The number of nitrogens with one attached hydrogen (secondary N) is 2. The number of nitrogens with zero attached hydrogens (tertiary/aromatic N) is 4. The number of rotatable bonds is 9. The Bertz CT molecular complexity index is 984. The van der Waals surface area contributed by atoms with E-state index in [1.165, 1.54) is 0 Å². The first-order valence-corrected chi connectivity index (χ1v) is 16.1. The highest BCUT2D eigenvalue weighted by molar-refractivity contribution is 6.76. The number of hydrogen-bond donors (Lipinski definition) is 3. The molecule has 0 bridgehead atoms. The molecule has 0 spiro atoms. The molecule has 0 saturated heterocycles. The lowest BCUT2D eigenvalue weighted by molar-refractivity contribution is 0.0492. The van der Waals surface area contributed by atoms with Crippen LogP contribution in [-0.2, 0) is 16.2 Å². The summed E-state index contributed by atoms with van der Waals surface area (Å²) in [6.45, 7) is 13.7. The monoisotopic (exact) mass is 503 g/mol. The average molecular weight is 504 g/mol. The SMILES string of the molecule is CC(C)(C)OC(=O)N[C@H]1CCC[C@@H](Nc2cc(-c3ncn(COCC[Si](C)(C)C)n3)ncc2N)C1. The predicted octanol–water partition coefficient (Wildman–Crippen LogP) is 4.48. The van der Waals surface area contributed by atoms with E-state index in [-0.39, 0.29) is 18.2 Å². The number of amides is 1. The molecule has 35 heavy (non-hydrogen) atoms. The minimum absolute atomic E-state index is 0.0527. The third kappa shape index (κ3) is 9.13. The first kappa shape index (κ1) is 26.9. The van der Waals surface area contributed by atoms with E-state index in [0.29, 0.717) is 23.9 Å². The molecule has 2 atom stereocenters. The molecular weight excluding hydrogens is 462 g/mol. The van der Waals surface area contributed by atoms with Crippen LogP contribution in [0.1, 0.15) is 46.5 Å². The number of ether oxygens (including phenoxy) is 2. The van der Waals surface area contributed by atoms with Gasteiger partial charge in [0.05, 0.1) is 17.6 Å². The molecule has 194 valence electrons. The Labute approximate surface area is 209 Å². The molecule has 11 heteroatoms. The molecule has 1 saturated carbocycles. The van der Waals surface area contributed by atoms with Gasteiger partial charge in [0.2, 0.25) is 0 Å². The van der Waals surface area contributed by atoms with E-state index in [1.807, 2.05) is 26.8 Å². The summed E-state index contributed by atoms with van der Waals surface area (Å²) in [6, 6.07) is 3.22. The van der Waals surface area contributed by atoms with E-state index in [2.05, 4.69) is 45.3 Å². The van der Waals surface area contributed by atoms with Crippen LogP contribution < -0.4 is 16.4 Å². The maximum atomic E-state index is 12.2. The van der Waals surface area contributed by atoms with E-state index >= 15 is 0 Å². The van der Waals surface area contributed by atoms with E-state index in [1.54, 1.807) is 17.2 Å². The lowest BCUT2D eigenvalue weighted by atomic mass is 9.91. The maximum Gasteiger partial charge on any atom is 0.407 e. The second-order valence-corrected chi connectivity index (χ2v) is 17.1. The zero-order chi connectivity index (χ0) is 25.6. The lowest BCUT2D eigenvalue weighted by Gasteiger charge is -2.32. The van der Waals surface area contributed by atoms with Crippen molar-refractivity contribution in [3.05, 3.63) is 18.6 Å². The Kier molecular flexibility index (Phi) is 8.76. The number of nitrogen functional groups attached to an aromatic ring is 1. The van der Waals surface area contributed by atoms with Crippen LogP contribution in [0.4, 0.5) is 16.2 Å². The molecule has 2 aromatic rings. The quantitative estimate of drug-likeness (QED) is 0.337. The van der Waals surface area contributed by atoms with Crippen LogP contribution in [0.3, 0.4) is 0 Å². The van der Waals surface area contributed by atoms with Crippen molar-refractivity contribution in [3.8, 4) is 11.5 Å². The fourth-order valence-corrected chi connectivity index (χ4v) is 4.63. The molecule has 3 rings (SSSR count). The summed E-state index contributed by atoms with van der Waals surface area (Å²) in [4.78, 5) is 21.0. The van der Waals surface area contributed by atoms with Gasteiger partial charge in [0.1, 0.15) is 24.4 Å². The van der Waals surface area contributed by atoms with Crippen molar-refractivity contribution in [1.29, 1.82) is 0 Å². The first-order chi connectivity index (χ1) is 16.4. The molecule has 0 unspecified atom stereocenters. The molecule has 1 amide bonds. The van der Waals surface area contributed by atoms with Crippen molar-refractivity contribution in [1.82, 2.24) is 25.1 Å². The lowest BCUT2D eigenvalue weighted by Crippen LogP contribution is -2.43. The summed E-state index contributed by atoms with van der Waals surface area (Å²) >= 11 is 0. The number of alkyl carbamates (subject to hydrolysis) is 1. The van der Waals surface area contributed by atoms with Crippen molar-refractivity contribution >= 4 is 25.5 Å². The fraction of sp³-hybridized carbons (Fsp3) is 0.667. The fourth-order valence-electron chi connectivity index (χ4n) is 3.87. The third-order valence-corrected chi connectivity index (χ3v) is 7.38. The third-order valence-electron chi connectivity index (χ3n) is 5.68. The zero-order valence-electron chi connectivity index (χ0n) is 21.9. The van der Waals surface area contributed by atoms with Crippen molar-refractivity contribution in [2.24, 2.45) is 0 Å². The van der Waals surface area contributed by atoms with Crippen molar-refractivity contribution in [2.45, 2.75) is 96.6 Å². The van der Waals surface area contributed by atoms with Gasteiger partial charge < -0.3 is 25.8 Å². The van der Waals surface area contributed by atoms with E-state index in [4.69, 9.17) is 15.2 Å². The summed E-state index contributed by atoms with van der Waals surface area (Å²) in [7, 11) is -1.12. The topological polar surface area (TPSA) is 129 Å². The summed E-state index contributed by atoms with van der Waals surface area (Å²) in [5, 5.41) is 11.0. The van der Waals surface area contributed by atoms with Gasteiger partial charge in [-0.3, -0.25) is 4.98 Å². The van der Waals surface area contributed by atoms with Gasteiger partial charge in [0, 0.05) is 26.8 Å². The minimum Gasteiger partial charge on any atom is -0.444 e. The highest BCUT2D eigenvalue weighted by Gasteiger charge is 2.26. The van der Waals surface area contributed by atoms with Gasteiger partial charge in [-0.05, 0) is 58.6 Å².